The van der Waals surface area contributed by atoms with E-state index in [-0.39, 0.29) is 5.82 Å². The summed E-state index contributed by atoms with van der Waals surface area (Å²) in [5.74, 6) is -0.0361. The maximum Gasteiger partial charge on any atom is 0.126 e. The Bertz CT molecular complexity index is 405. The van der Waals surface area contributed by atoms with Crippen molar-refractivity contribution in [2.75, 3.05) is 20.1 Å². The number of nitrogens with zero attached hydrogens (tertiary/aromatic N) is 1. The van der Waals surface area contributed by atoms with Crippen LogP contribution in [0.25, 0.3) is 0 Å². The summed E-state index contributed by atoms with van der Waals surface area (Å²) in [7, 11) is 2.17. The molecular weight excluding hydrogens is 203 g/mol. The predicted octanol–water partition coefficient (Wildman–Crippen LogP) is 1.72. The summed E-state index contributed by atoms with van der Waals surface area (Å²) in [6, 6.07) is 6.32. The molecule has 1 aromatic carbocycles. The zero-order chi connectivity index (χ0) is 11.1. The first-order valence-electron chi connectivity index (χ1n) is 5.98. The van der Waals surface area contributed by atoms with Crippen molar-refractivity contribution >= 4 is 0 Å². The van der Waals surface area contributed by atoms with Crippen LogP contribution in [0.15, 0.2) is 18.2 Å². The first-order chi connectivity index (χ1) is 7.77. The summed E-state index contributed by atoms with van der Waals surface area (Å²) in [5.41, 5.74) is 2.09. The van der Waals surface area contributed by atoms with Crippen LogP contribution in [0.3, 0.4) is 0 Å². The monoisotopic (exact) mass is 220 g/mol. The van der Waals surface area contributed by atoms with Crippen LogP contribution < -0.4 is 5.32 Å². The average molecular weight is 220 g/mol. The molecule has 3 rings (SSSR count). The van der Waals surface area contributed by atoms with Gasteiger partial charge in [-0.15, -0.1) is 0 Å². The van der Waals surface area contributed by atoms with Gasteiger partial charge in [0.25, 0.3) is 0 Å². The van der Waals surface area contributed by atoms with E-state index in [1.165, 1.54) is 5.56 Å². The number of nitrogens with one attached hydrogen (secondary N) is 1. The Morgan fingerprint density at radius 1 is 1.44 bits per heavy atom. The van der Waals surface area contributed by atoms with Crippen LogP contribution in [-0.4, -0.2) is 31.1 Å². The maximum absolute atomic E-state index is 13.7. The molecule has 2 nitrogen and oxygen atoms in total. The van der Waals surface area contributed by atoms with Gasteiger partial charge in [0.05, 0.1) is 0 Å². The van der Waals surface area contributed by atoms with Crippen molar-refractivity contribution in [3.05, 3.63) is 35.1 Å². The van der Waals surface area contributed by atoms with Gasteiger partial charge < -0.3 is 10.2 Å². The molecule has 3 heteroatoms. The molecule has 1 aliphatic heterocycles. The third-order valence-corrected chi connectivity index (χ3v) is 3.96. The number of fused-ring (bicyclic) bond motifs is 3. The molecule has 0 bridgehead atoms. The molecular formula is C13H17FN2. The van der Waals surface area contributed by atoms with E-state index in [2.05, 4.69) is 23.3 Å². The Morgan fingerprint density at radius 2 is 2.31 bits per heavy atom. The minimum absolute atomic E-state index is 0.0361. The SMILES string of the molecule is CN1CCNC2c3cccc(F)c3CCC21. The van der Waals surface area contributed by atoms with Gasteiger partial charge in [-0.3, -0.25) is 0 Å². The van der Waals surface area contributed by atoms with Crippen LogP contribution in [0.5, 0.6) is 0 Å². The number of hydrogen-bond donors (Lipinski definition) is 1. The maximum atomic E-state index is 13.7. The van der Waals surface area contributed by atoms with Gasteiger partial charge in [-0.1, -0.05) is 12.1 Å². The van der Waals surface area contributed by atoms with Gasteiger partial charge in [-0.05, 0) is 37.1 Å². The topological polar surface area (TPSA) is 15.3 Å². The molecule has 2 atom stereocenters. The Hall–Kier alpha value is -0.930. The lowest BCUT2D eigenvalue weighted by Crippen LogP contribution is -2.53. The van der Waals surface area contributed by atoms with Gasteiger partial charge in [0, 0.05) is 25.2 Å². The molecule has 2 aliphatic rings. The van der Waals surface area contributed by atoms with E-state index >= 15 is 0 Å². The summed E-state index contributed by atoms with van der Waals surface area (Å²) in [6.07, 6.45) is 1.93. The second-order valence-corrected chi connectivity index (χ2v) is 4.83. The van der Waals surface area contributed by atoms with Crippen molar-refractivity contribution in [3.63, 3.8) is 0 Å². The fraction of sp³-hybridized carbons (Fsp3) is 0.538. The fourth-order valence-corrected chi connectivity index (χ4v) is 3.08. The van der Waals surface area contributed by atoms with Gasteiger partial charge in [0.1, 0.15) is 5.82 Å². The highest BCUT2D eigenvalue weighted by atomic mass is 19.1. The lowest BCUT2D eigenvalue weighted by Gasteiger charge is -2.43. The minimum Gasteiger partial charge on any atom is -0.307 e. The van der Waals surface area contributed by atoms with Crippen LogP contribution in [0.4, 0.5) is 4.39 Å². The fourth-order valence-electron chi connectivity index (χ4n) is 3.08. The number of benzene rings is 1. The smallest absolute Gasteiger partial charge is 0.126 e. The van der Waals surface area contributed by atoms with Crippen LogP contribution in [0.1, 0.15) is 23.6 Å². The number of likely N-dealkylation sites (N-methyl/N-ethyl adjacent to an activating group) is 1. The number of piperazine rings is 1. The van der Waals surface area contributed by atoms with E-state index in [1.54, 1.807) is 6.07 Å². The van der Waals surface area contributed by atoms with Crippen molar-refractivity contribution in [1.82, 2.24) is 10.2 Å². The molecule has 0 spiro atoms. The molecule has 1 heterocycles. The van der Waals surface area contributed by atoms with E-state index < -0.39 is 0 Å². The highest BCUT2D eigenvalue weighted by Crippen LogP contribution is 2.35. The highest BCUT2D eigenvalue weighted by Gasteiger charge is 2.35. The highest BCUT2D eigenvalue weighted by molar-refractivity contribution is 5.35. The summed E-state index contributed by atoms with van der Waals surface area (Å²) in [5, 5.41) is 3.53. The van der Waals surface area contributed by atoms with Crippen LogP contribution in [-0.2, 0) is 6.42 Å². The number of hydrogen-bond acceptors (Lipinski definition) is 2. The summed E-state index contributed by atoms with van der Waals surface area (Å²) in [6.45, 7) is 2.08. The quantitative estimate of drug-likeness (QED) is 0.716. The second-order valence-electron chi connectivity index (χ2n) is 4.83. The molecule has 16 heavy (non-hydrogen) atoms. The van der Waals surface area contributed by atoms with Crippen molar-refractivity contribution < 1.29 is 4.39 Å². The molecule has 0 amide bonds. The third kappa shape index (κ3) is 1.46. The summed E-state index contributed by atoms with van der Waals surface area (Å²) < 4.78 is 13.7. The first-order valence-corrected chi connectivity index (χ1v) is 5.98. The zero-order valence-electron chi connectivity index (χ0n) is 9.54. The molecule has 2 unspecified atom stereocenters. The van der Waals surface area contributed by atoms with Crippen molar-refractivity contribution in [2.24, 2.45) is 0 Å². The molecule has 0 radical (unpaired) electrons. The molecule has 1 N–H and O–H groups in total. The van der Waals surface area contributed by atoms with Gasteiger partial charge in [0.15, 0.2) is 0 Å². The molecule has 0 aromatic heterocycles. The van der Waals surface area contributed by atoms with E-state index in [0.717, 1.165) is 31.5 Å². The normalized spacial score (nSPS) is 29.6. The Labute approximate surface area is 95.4 Å². The molecule has 1 aromatic rings. The van der Waals surface area contributed by atoms with Crippen LogP contribution >= 0.6 is 0 Å². The number of halogens is 1. The van der Waals surface area contributed by atoms with Crippen LogP contribution in [0, 0.1) is 5.82 Å². The lowest BCUT2D eigenvalue weighted by molar-refractivity contribution is 0.133. The summed E-state index contributed by atoms with van der Waals surface area (Å²) in [4.78, 5) is 2.40. The van der Waals surface area contributed by atoms with E-state index in [0.29, 0.717) is 12.1 Å². The van der Waals surface area contributed by atoms with Gasteiger partial charge in [-0.25, -0.2) is 4.39 Å². The molecule has 86 valence electrons. The minimum atomic E-state index is -0.0361. The average Bonchev–Trinajstić information content (AvgIpc) is 2.30. The van der Waals surface area contributed by atoms with E-state index in [9.17, 15) is 4.39 Å². The van der Waals surface area contributed by atoms with Gasteiger partial charge in [0.2, 0.25) is 0 Å². The Kier molecular flexibility index (Phi) is 2.45. The molecule has 1 fully saturated rings. The second kappa shape index (κ2) is 3.82. The van der Waals surface area contributed by atoms with Crippen molar-refractivity contribution in [2.45, 2.75) is 24.9 Å². The predicted molar refractivity (Wildman–Crippen MR) is 61.9 cm³/mol. The van der Waals surface area contributed by atoms with Crippen molar-refractivity contribution in [3.8, 4) is 0 Å². The Balaban J connectivity index is 2.02. The Morgan fingerprint density at radius 3 is 3.19 bits per heavy atom. The molecule has 0 saturated carbocycles. The molecule has 1 aliphatic carbocycles. The van der Waals surface area contributed by atoms with E-state index in [4.69, 9.17) is 0 Å². The largest absolute Gasteiger partial charge is 0.307 e. The summed E-state index contributed by atoms with van der Waals surface area (Å²) >= 11 is 0. The van der Waals surface area contributed by atoms with Crippen molar-refractivity contribution in [1.29, 1.82) is 0 Å². The van der Waals surface area contributed by atoms with Crippen LogP contribution in [0.2, 0.25) is 0 Å². The van der Waals surface area contributed by atoms with Gasteiger partial charge >= 0.3 is 0 Å². The first kappa shape index (κ1) is 10.2. The lowest BCUT2D eigenvalue weighted by atomic mass is 9.82. The molecule has 1 saturated heterocycles. The zero-order valence-corrected chi connectivity index (χ0v) is 9.54. The van der Waals surface area contributed by atoms with Gasteiger partial charge in [-0.2, -0.15) is 0 Å². The number of rotatable bonds is 0. The third-order valence-electron chi connectivity index (χ3n) is 3.96. The standard InChI is InChI=1S/C13H17FN2/c1-16-8-7-15-13-10-3-2-4-11(14)9(10)5-6-12(13)16/h2-4,12-13,15H,5-8H2,1H3. The van der Waals surface area contributed by atoms with E-state index in [1.807, 2.05) is 6.07 Å².